The Morgan fingerprint density at radius 2 is 1.37 bits per heavy atom. The van der Waals surface area contributed by atoms with E-state index >= 15 is 0 Å². The maximum absolute atomic E-state index is 14.0. The van der Waals surface area contributed by atoms with Crippen LogP contribution in [-0.2, 0) is 23.8 Å². The van der Waals surface area contributed by atoms with Crippen molar-refractivity contribution in [2.45, 2.75) is 109 Å². The number of carbonyl (C=O) groups excluding carboxylic acids is 3. The van der Waals surface area contributed by atoms with E-state index in [1.165, 1.54) is 14.2 Å². The largest absolute Gasteiger partial charge is 0.491 e. The minimum atomic E-state index is -1.13. The maximum atomic E-state index is 14.0. The van der Waals surface area contributed by atoms with Gasteiger partial charge in [-0.15, -0.1) is 0 Å². The third-order valence-electron chi connectivity index (χ3n) is 14.2. The summed E-state index contributed by atoms with van der Waals surface area (Å²) in [7, 11) is 2.75. The average Bonchev–Trinajstić information content (AvgIpc) is 4.20. The number of hydrogen-bond donors (Lipinski definition) is 4. The van der Waals surface area contributed by atoms with Gasteiger partial charge >= 0.3 is 12.2 Å². The van der Waals surface area contributed by atoms with Crippen LogP contribution in [0, 0.1) is 11.8 Å². The number of benzene rings is 3. The minimum Gasteiger partial charge on any atom is -0.491 e. The number of methoxy groups -OCH3 is 1. The number of imidazole rings is 2. The van der Waals surface area contributed by atoms with Crippen molar-refractivity contribution >= 4 is 51.8 Å². The summed E-state index contributed by atoms with van der Waals surface area (Å²) in [6.07, 6.45) is 2.95. The number of carboxylic acid groups (broad SMARTS) is 1. The van der Waals surface area contributed by atoms with E-state index in [-0.39, 0.29) is 60.7 Å². The van der Waals surface area contributed by atoms with E-state index < -0.39 is 24.3 Å². The molecule has 4 N–H and O–H groups in total. The lowest BCUT2D eigenvalue weighted by Gasteiger charge is -2.33. The summed E-state index contributed by atoms with van der Waals surface area (Å²) in [6, 6.07) is 18.9. The monoisotopic (exact) mass is 933 g/mol. The Morgan fingerprint density at radius 3 is 1.87 bits per heavy atom. The van der Waals surface area contributed by atoms with Gasteiger partial charge in [-0.3, -0.25) is 14.5 Å². The van der Waals surface area contributed by atoms with Crippen molar-refractivity contribution in [2.75, 3.05) is 52.2 Å². The average molecular weight is 934 g/mol. The number of aromatic nitrogens is 4. The second-order valence-electron chi connectivity index (χ2n) is 19.2. The van der Waals surface area contributed by atoms with E-state index in [4.69, 9.17) is 28.9 Å². The number of nitrogens with one attached hydrogen (secondary N) is 3. The molecular weight excluding hydrogens is 871 g/mol. The molecule has 5 aromatic rings. The van der Waals surface area contributed by atoms with E-state index in [0.717, 1.165) is 93.9 Å². The molecule has 1 unspecified atom stereocenters. The molecule has 18 heteroatoms. The van der Waals surface area contributed by atoms with Gasteiger partial charge in [-0.05, 0) is 110 Å². The summed E-state index contributed by atoms with van der Waals surface area (Å²) in [4.78, 5) is 76.5. The molecule has 4 saturated heterocycles. The highest BCUT2D eigenvalue weighted by molar-refractivity contribution is 5.87. The fraction of sp³-hybridized carbons (Fsp3) is 0.520. The quantitative estimate of drug-likeness (QED) is 0.0849. The van der Waals surface area contributed by atoms with Gasteiger partial charge in [0.25, 0.3) is 0 Å². The Morgan fingerprint density at radius 1 is 0.794 bits per heavy atom. The summed E-state index contributed by atoms with van der Waals surface area (Å²) in [5, 5.41) is 12.5. The number of likely N-dealkylation sites (N-methyl/N-ethyl adjacent to an activating group) is 1. The summed E-state index contributed by atoms with van der Waals surface area (Å²) in [6.45, 7) is 9.83. The summed E-state index contributed by atoms with van der Waals surface area (Å²) >= 11 is 0. The van der Waals surface area contributed by atoms with Gasteiger partial charge in [0, 0.05) is 25.8 Å². The Bertz CT molecular complexity index is 2630. The highest BCUT2D eigenvalue weighted by Crippen LogP contribution is 2.48. The van der Waals surface area contributed by atoms with Crippen LogP contribution in [0.15, 0.2) is 60.7 Å². The number of amides is 4. The number of alkyl carbamates (subject to hydrolysis) is 1. The number of aromatic amines is 2. The van der Waals surface area contributed by atoms with Crippen LogP contribution in [-0.4, -0.2) is 129 Å². The Balaban J connectivity index is 1.00. The van der Waals surface area contributed by atoms with E-state index in [1.807, 2.05) is 44.7 Å². The molecule has 9 rings (SSSR count). The second-order valence-corrected chi connectivity index (χ2v) is 19.2. The van der Waals surface area contributed by atoms with Gasteiger partial charge < -0.3 is 54.0 Å². The lowest BCUT2D eigenvalue weighted by atomic mass is 10.0. The molecule has 7 atom stereocenters. The molecule has 6 heterocycles. The van der Waals surface area contributed by atoms with Gasteiger partial charge in [0.15, 0.2) is 0 Å². The molecular formula is C50H63N9O9. The van der Waals surface area contributed by atoms with Crippen LogP contribution < -0.4 is 15.0 Å². The van der Waals surface area contributed by atoms with Crippen molar-refractivity contribution in [1.82, 2.24) is 40.0 Å². The number of ether oxygens (including phenoxy) is 4. The first-order valence-corrected chi connectivity index (χ1v) is 23.9. The normalized spacial score (nSPS) is 22.7. The van der Waals surface area contributed by atoms with Gasteiger partial charge in [-0.2, -0.15) is 0 Å². The number of rotatable bonds is 14. The molecule has 0 saturated carbocycles. The number of likely N-dealkylation sites (tertiary alicyclic amines) is 2. The first-order chi connectivity index (χ1) is 32.8. The number of nitrogens with zero attached hydrogens (tertiary/aromatic N) is 6. The molecule has 4 aliphatic rings. The third-order valence-corrected chi connectivity index (χ3v) is 14.2. The van der Waals surface area contributed by atoms with Crippen molar-refractivity contribution in [3.63, 3.8) is 0 Å². The summed E-state index contributed by atoms with van der Waals surface area (Å²) in [5.74, 6) is 1.46. The van der Waals surface area contributed by atoms with Crippen molar-refractivity contribution in [3.05, 3.63) is 83.4 Å². The Kier molecular flexibility index (Phi) is 13.5. The summed E-state index contributed by atoms with van der Waals surface area (Å²) in [5.41, 5.74) is 6.61. The van der Waals surface area contributed by atoms with Gasteiger partial charge in [-0.25, -0.2) is 19.6 Å². The van der Waals surface area contributed by atoms with Gasteiger partial charge in [-0.1, -0.05) is 39.8 Å². The van der Waals surface area contributed by atoms with Gasteiger partial charge in [0.05, 0.1) is 60.0 Å². The number of H-pyrrole nitrogens is 2. The number of hydrogen-bond acceptors (Lipinski definition) is 11. The van der Waals surface area contributed by atoms with Crippen LogP contribution in [0.1, 0.15) is 113 Å². The maximum Gasteiger partial charge on any atom is 0.407 e. The van der Waals surface area contributed by atoms with Gasteiger partial charge in [0.2, 0.25) is 11.8 Å². The predicted molar refractivity (Wildman–Crippen MR) is 253 cm³/mol. The molecule has 4 amide bonds. The fourth-order valence-electron chi connectivity index (χ4n) is 10.7. The highest BCUT2D eigenvalue weighted by atomic mass is 16.7. The van der Waals surface area contributed by atoms with Crippen LogP contribution in [0.4, 0.5) is 15.3 Å². The van der Waals surface area contributed by atoms with E-state index in [0.29, 0.717) is 32.1 Å². The van der Waals surface area contributed by atoms with E-state index in [9.17, 15) is 24.3 Å². The molecule has 4 fully saturated rings. The smallest absolute Gasteiger partial charge is 0.407 e. The van der Waals surface area contributed by atoms with E-state index in [1.54, 1.807) is 4.90 Å². The minimum absolute atomic E-state index is 0.0116. The third kappa shape index (κ3) is 9.27. The number of carbonyl (C=O) groups is 4. The van der Waals surface area contributed by atoms with Crippen LogP contribution in [0.3, 0.4) is 0 Å². The molecule has 68 heavy (non-hydrogen) atoms. The molecule has 4 aliphatic heterocycles. The van der Waals surface area contributed by atoms with Crippen LogP contribution in [0.25, 0.3) is 22.1 Å². The predicted octanol–water partition coefficient (Wildman–Crippen LogP) is 7.62. The van der Waals surface area contributed by atoms with Crippen molar-refractivity contribution < 1.29 is 43.2 Å². The Labute approximate surface area is 395 Å². The fourth-order valence-corrected chi connectivity index (χ4v) is 10.7. The van der Waals surface area contributed by atoms with Crippen molar-refractivity contribution in [2.24, 2.45) is 11.8 Å². The topological polar surface area (TPSA) is 208 Å². The molecule has 3 aromatic carbocycles. The molecule has 0 bridgehead atoms. The van der Waals surface area contributed by atoms with Crippen molar-refractivity contribution in [3.8, 4) is 5.75 Å². The van der Waals surface area contributed by atoms with Crippen LogP contribution in [0.5, 0.6) is 5.75 Å². The number of fused-ring (bicyclic) bond motifs is 2. The summed E-state index contributed by atoms with van der Waals surface area (Å²) < 4.78 is 21.9. The van der Waals surface area contributed by atoms with Gasteiger partial charge in [0.1, 0.15) is 49.0 Å². The zero-order valence-corrected chi connectivity index (χ0v) is 39.6. The molecule has 0 radical (unpaired) electrons. The standard InChI is InChI=1S/C50H63N9O9/c1-28(2)43(55-49(62)65-6)47(60)57-21-7-9-41(57)45-51-35-17-11-30(23-37(35)53-45)39-19-20-40(59(39)32-13-15-33(16-14-32)67-26-34-25-66-27-68-34)31-12-18-36-38(24-31)54-46(52-36)42-10-8-22-58(42)48(61)44(29(3)4)56(5)50(63)64/h11-18,23-24,28-29,34,39-44H,7-10,19-22,25-27H2,1-6H3,(H,51,53)(H,52,54)(H,55,62)(H,63,64)/t34?,39-,40-,41+,42+,43+,44+/m1/s1. The first kappa shape index (κ1) is 46.7. The Hall–Kier alpha value is -6.40. The highest BCUT2D eigenvalue weighted by Gasteiger charge is 2.41. The lowest BCUT2D eigenvalue weighted by Crippen LogP contribution is -2.51. The van der Waals surface area contributed by atoms with Crippen LogP contribution >= 0.6 is 0 Å². The SMILES string of the molecule is COC(=O)N[C@H](C(=O)N1CCC[C@H]1c1nc2cc([C@H]3CC[C@H](c4ccc5[nH]c([C@@H]6CCCN6C(=O)[C@H](C(C)C)N(C)C(=O)O)nc5c4)N3c3ccc(OCC4COCO4)cc3)ccc2[nH]1)C(C)C. The zero-order valence-electron chi connectivity index (χ0n) is 39.6. The molecule has 0 aliphatic carbocycles. The molecule has 2 aromatic heterocycles. The van der Waals surface area contributed by atoms with Crippen LogP contribution in [0.2, 0.25) is 0 Å². The molecule has 18 nitrogen and oxygen atoms in total. The first-order valence-electron chi connectivity index (χ1n) is 23.9. The zero-order chi connectivity index (χ0) is 47.8. The molecule has 0 spiro atoms. The second kappa shape index (κ2) is 19.7. The molecule has 362 valence electrons. The van der Waals surface area contributed by atoms with E-state index in [2.05, 4.69) is 68.7 Å². The van der Waals surface area contributed by atoms with Crippen molar-refractivity contribution in [1.29, 1.82) is 0 Å². The lowest BCUT2D eigenvalue weighted by molar-refractivity contribution is -0.138. The number of anilines is 1.